The van der Waals surface area contributed by atoms with E-state index in [9.17, 15) is 14.4 Å². The predicted molar refractivity (Wildman–Crippen MR) is 62.4 cm³/mol. The highest BCUT2D eigenvalue weighted by molar-refractivity contribution is 5.99. The van der Waals surface area contributed by atoms with Crippen LogP contribution >= 0.6 is 0 Å². The molecule has 0 N–H and O–H groups in total. The Balaban J connectivity index is 2.83. The van der Waals surface area contributed by atoms with Gasteiger partial charge in [-0.25, -0.2) is 0 Å². The third kappa shape index (κ3) is 3.65. The molecule has 0 aromatic rings. The number of methoxy groups -OCH3 is 1. The highest BCUT2D eigenvalue weighted by Gasteiger charge is 2.36. The average molecular weight is 240 g/mol. The number of esters is 1. The minimum absolute atomic E-state index is 0.114. The lowest BCUT2D eigenvalue weighted by atomic mass is 9.82. The number of ketones is 2. The van der Waals surface area contributed by atoms with Gasteiger partial charge in [0.2, 0.25) is 0 Å². The summed E-state index contributed by atoms with van der Waals surface area (Å²) in [5.41, 5.74) is 0. The largest absolute Gasteiger partial charge is 0.468 e. The Hall–Kier alpha value is -1.19. The third-order valence-electron chi connectivity index (χ3n) is 3.39. The molecule has 0 saturated heterocycles. The van der Waals surface area contributed by atoms with Crippen LogP contribution in [0.4, 0.5) is 0 Å². The van der Waals surface area contributed by atoms with Crippen LogP contribution in [0.25, 0.3) is 0 Å². The van der Waals surface area contributed by atoms with Crippen LogP contribution in [0.5, 0.6) is 0 Å². The van der Waals surface area contributed by atoms with E-state index in [-0.39, 0.29) is 17.5 Å². The molecule has 0 heterocycles. The lowest BCUT2D eigenvalue weighted by molar-refractivity contribution is -0.152. The first-order valence-electron chi connectivity index (χ1n) is 6.22. The lowest BCUT2D eigenvalue weighted by Gasteiger charge is -2.21. The Morgan fingerprint density at radius 3 is 2.71 bits per heavy atom. The van der Waals surface area contributed by atoms with E-state index in [2.05, 4.69) is 0 Å². The summed E-state index contributed by atoms with van der Waals surface area (Å²) in [4.78, 5) is 35.1. The fourth-order valence-corrected chi connectivity index (χ4v) is 2.44. The van der Waals surface area contributed by atoms with Gasteiger partial charge in [-0.1, -0.05) is 13.3 Å². The first kappa shape index (κ1) is 13.9. The number of carbonyl (C=O) groups is 3. The number of Topliss-reactive ketones (excluding diaryl/α,β-unsaturated/α-hetero) is 2. The number of rotatable bonds is 4. The standard InChI is InChI=1S/C13H20O4/c1-3-11(15)12(13(16)17-2)9-6-4-5-7-10(14)8-9/h9,12H,3-8H2,1-2H3. The van der Waals surface area contributed by atoms with E-state index in [1.54, 1.807) is 6.92 Å². The highest BCUT2D eigenvalue weighted by Crippen LogP contribution is 2.29. The molecular weight excluding hydrogens is 220 g/mol. The molecule has 1 rings (SSSR count). The Kier molecular flexibility index (Phi) is 5.32. The molecule has 17 heavy (non-hydrogen) atoms. The van der Waals surface area contributed by atoms with E-state index in [0.717, 1.165) is 19.3 Å². The van der Waals surface area contributed by atoms with Crippen LogP contribution in [0, 0.1) is 11.8 Å². The SMILES string of the molecule is CCC(=O)C(C(=O)OC)C1CCCCC(=O)C1. The van der Waals surface area contributed by atoms with Crippen molar-refractivity contribution in [1.82, 2.24) is 0 Å². The van der Waals surface area contributed by atoms with E-state index < -0.39 is 11.9 Å². The van der Waals surface area contributed by atoms with Gasteiger partial charge in [-0.15, -0.1) is 0 Å². The van der Waals surface area contributed by atoms with Crippen LogP contribution in [-0.4, -0.2) is 24.6 Å². The van der Waals surface area contributed by atoms with Crippen molar-refractivity contribution in [2.75, 3.05) is 7.11 Å². The maximum atomic E-state index is 11.8. The van der Waals surface area contributed by atoms with Crippen LogP contribution < -0.4 is 0 Å². The second-order valence-corrected chi connectivity index (χ2v) is 4.57. The van der Waals surface area contributed by atoms with Gasteiger partial charge in [0.1, 0.15) is 17.5 Å². The summed E-state index contributed by atoms with van der Waals surface area (Å²) >= 11 is 0. The molecule has 0 spiro atoms. The zero-order chi connectivity index (χ0) is 12.8. The van der Waals surface area contributed by atoms with E-state index >= 15 is 0 Å². The van der Waals surface area contributed by atoms with Crippen LogP contribution in [0.2, 0.25) is 0 Å². The molecule has 2 unspecified atom stereocenters. The summed E-state index contributed by atoms with van der Waals surface area (Å²) in [7, 11) is 1.29. The molecule has 0 radical (unpaired) electrons. The number of hydrogen-bond acceptors (Lipinski definition) is 4. The number of hydrogen-bond donors (Lipinski definition) is 0. The molecule has 0 aromatic heterocycles. The maximum Gasteiger partial charge on any atom is 0.316 e. The van der Waals surface area contributed by atoms with Crippen molar-refractivity contribution in [3.05, 3.63) is 0 Å². The minimum atomic E-state index is -0.743. The van der Waals surface area contributed by atoms with Crippen LogP contribution in [0.15, 0.2) is 0 Å². The molecule has 2 atom stereocenters. The van der Waals surface area contributed by atoms with Gasteiger partial charge in [-0.2, -0.15) is 0 Å². The van der Waals surface area contributed by atoms with Crippen molar-refractivity contribution < 1.29 is 19.1 Å². The zero-order valence-electron chi connectivity index (χ0n) is 10.5. The first-order chi connectivity index (χ1) is 8.10. The summed E-state index contributed by atoms with van der Waals surface area (Å²) in [6.45, 7) is 1.73. The quantitative estimate of drug-likeness (QED) is 0.428. The van der Waals surface area contributed by atoms with Gasteiger partial charge in [0.15, 0.2) is 0 Å². The fraction of sp³-hybridized carbons (Fsp3) is 0.769. The molecule has 0 bridgehead atoms. The fourth-order valence-electron chi connectivity index (χ4n) is 2.44. The van der Waals surface area contributed by atoms with Crippen molar-refractivity contribution in [2.24, 2.45) is 11.8 Å². The minimum Gasteiger partial charge on any atom is -0.468 e. The Labute approximate surface area is 102 Å². The Bertz CT molecular complexity index is 293. The molecule has 1 fully saturated rings. The average Bonchev–Trinajstić information content (AvgIpc) is 2.53. The first-order valence-corrected chi connectivity index (χ1v) is 6.22. The maximum absolute atomic E-state index is 11.8. The molecule has 1 saturated carbocycles. The Morgan fingerprint density at radius 1 is 1.41 bits per heavy atom. The van der Waals surface area contributed by atoms with Crippen molar-refractivity contribution in [3.63, 3.8) is 0 Å². The zero-order valence-corrected chi connectivity index (χ0v) is 10.5. The molecule has 4 nitrogen and oxygen atoms in total. The van der Waals surface area contributed by atoms with E-state index in [1.807, 2.05) is 0 Å². The molecule has 4 heteroatoms. The summed E-state index contributed by atoms with van der Waals surface area (Å²) in [5, 5.41) is 0. The second kappa shape index (κ2) is 6.52. The van der Waals surface area contributed by atoms with Crippen molar-refractivity contribution in [3.8, 4) is 0 Å². The van der Waals surface area contributed by atoms with E-state index in [1.165, 1.54) is 7.11 Å². The van der Waals surface area contributed by atoms with E-state index in [4.69, 9.17) is 4.74 Å². The normalized spacial score (nSPS) is 22.7. The number of carbonyl (C=O) groups excluding carboxylic acids is 3. The highest BCUT2D eigenvalue weighted by atomic mass is 16.5. The van der Waals surface area contributed by atoms with Gasteiger partial charge >= 0.3 is 5.97 Å². The second-order valence-electron chi connectivity index (χ2n) is 4.57. The molecule has 1 aliphatic carbocycles. The summed E-state index contributed by atoms with van der Waals surface area (Å²) in [6.07, 6.45) is 3.75. The predicted octanol–water partition coefficient (Wildman–Crippen LogP) is 1.90. The van der Waals surface area contributed by atoms with Gasteiger partial charge in [0.25, 0.3) is 0 Å². The van der Waals surface area contributed by atoms with Gasteiger partial charge < -0.3 is 4.74 Å². The van der Waals surface area contributed by atoms with Crippen LogP contribution in [0.3, 0.4) is 0 Å². The lowest BCUT2D eigenvalue weighted by Crippen LogP contribution is -2.33. The smallest absolute Gasteiger partial charge is 0.316 e. The molecular formula is C13H20O4. The molecule has 1 aliphatic rings. The van der Waals surface area contributed by atoms with E-state index in [0.29, 0.717) is 19.3 Å². The summed E-state index contributed by atoms with van der Waals surface area (Å²) in [6, 6.07) is 0. The molecule has 0 aromatic carbocycles. The van der Waals surface area contributed by atoms with Gasteiger partial charge in [0.05, 0.1) is 7.11 Å². The number of ether oxygens (including phenoxy) is 1. The van der Waals surface area contributed by atoms with Gasteiger partial charge in [-0.3, -0.25) is 14.4 Å². The van der Waals surface area contributed by atoms with Crippen molar-refractivity contribution >= 4 is 17.5 Å². The molecule has 0 aliphatic heterocycles. The van der Waals surface area contributed by atoms with Gasteiger partial charge in [-0.05, 0) is 18.8 Å². The third-order valence-corrected chi connectivity index (χ3v) is 3.39. The molecule has 96 valence electrons. The van der Waals surface area contributed by atoms with Crippen LogP contribution in [-0.2, 0) is 19.1 Å². The van der Waals surface area contributed by atoms with Crippen LogP contribution in [0.1, 0.15) is 45.4 Å². The topological polar surface area (TPSA) is 60.4 Å². The summed E-state index contributed by atoms with van der Waals surface area (Å²) < 4.78 is 4.69. The summed E-state index contributed by atoms with van der Waals surface area (Å²) in [5.74, 6) is -1.35. The van der Waals surface area contributed by atoms with Gasteiger partial charge in [0, 0.05) is 19.3 Å². The monoisotopic (exact) mass is 240 g/mol. The Morgan fingerprint density at radius 2 is 2.12 bits per heavy atom. The van der Waals surface area contributed by atoms with Crippen molar-refractivity contribution in [2.45, 2.75) is 45.4 Å². The molecule has 0 amide bonds. The van der Waals surface area contributed by atoms with Crippen molar-refractivity contribution in [1.29, 1.82) is 0 Å².